The third-order valence-corrected chi connectivity index (χ3v) is 8.92. The largest absolute Gasteiger partial charge is 0.355 e. The van der Waals surface area contributed by atoms with Crippen LogP contribution in [-0.4, -0.2) is 52.9 Å². The number of nitro groups is 1. The van der Waals surface area contributed by atoms with Crippen LogP contribution in [-0.2, 0) is 4.79 Å². The first-order chi connectivity index (χ1) is 14.6. The van der Waals surface area contributed by atoms with Gasteiger partial charge in [0.1, 0.15) is 0 Å². The molecule has 2 fully saturated rings. The average Bonchev–Trinajstić information content (AvgIpc) is 2.77. The standard InChI is InChI=1S/C22H33N3O3S2/c26-21(23-13-16-24-14-6-1-7-15-24)11-5-2-8-18-12-17-29-22(30-18)19-9-3-4-10-20(19)25(27)28/h3-4,9-10,18,22H,1-2,5-8,11-17H2,(H,23,26). The first-order valence-electron chi connectivity index (χ1n) is 11.1. The molecule has 2 atom stereocenters. The zero-order valence-corrected chi connectivity index (χ0v) is 19.2. The van der Waals surface area contributed by atoms with Crippen molar-refractivity contribution < 1.29 is 9.72 Å². The molecule has 2 aliphatic heterocycles. The number of nitro benzene ring substituents is 1. The second kappa shape index (κ2) is 12.6. The van der Waals surface area contributed by atoms with E-state index in [1.54, 1.807) is 23.9 Å². The fraction of sp³-hybridized carbons (Fsp3) is 0.682. The van der Waals surface area contributed by atoms with E-state index in [-0.39, 0.29) is 21.1 Å². The van der Waals surface area contributed by atoms with E-state index in [4.69, 9.17) is 0 Å². The summed E-state index contributed by atoms with van der Waals surface area (Å²) >= 11 is 3.66. The molecule has 6 nitrogen and oxygen atoms in total. The molecule has 0 spiro atoms. The Kier molecular flexibility index (Phi) is 9.81. The number of nitrogens with zero attached hydrogens (tertiary/aromatic N) is 2. The van der Waals surface area contributed by atoms with Gasteiger partial charge in [-0.2, -0.15) is 0 Å². The van der Waals surface area contributed by atoms with Crippen LogP contribution in [0.4, 0.5) is 5.69 Å². The average molecular weight is 452 g/mol. The van der Waals surface area contributed by atoms with Crippen LogP contribution in [0, 0.1) is 10.1 Å². The van der Waals surface area contributed by atoms with E-state index >= 15 is 0 Å². The molecule has 30 heavy (non-hydrogen) atoms. The molecule has 0 aromatic heterocycles. The third-order valence-electron chi connectivity index (χ3n) is 5.79. The van der Waals surface area contributed by atoms with Crippen molar-refractivity contribution in [3.8, 4) is 0 Å². The second-order valence-corrected chi connectivity index (χ2v) is 11.0. The van der Waals surface area contributed by atoms with Crippen LogP contribution in [0.5, 0.6) is 0 Å². The summed E-state index contributed by atoms with van der Waals surface area (Å²) in [6.45, 7) is 4.06. The van der Waals surface area contributed by atoms with Crippen molar-refractivity contribution in [2.24, 2.45) is 0 Å². The number of rotatable bonds is 10. The fourth-order valence-electron chi connectivity index (χ4n) is 4.10. The topological polar surface area (TPSA) is 75.5 Å². The summed E-state index contributed by atoms with van der Waals surface area (Å²) in [5, 5.41) is 14.9. The van der Waals surface area contributed by atoms with Gasteiger partial charge in [0.2, 0.25) is 5.91 Å². The monoisotopic (exact) mass is 451 g/mol. The molecule has 8 heteroatoms. The first kappa shape index (κ1) is 23.4. The first-order valence-corrected chi connectivity index (χ1v) is 13.1. The van der Waals surface area contributed by atoms with Gasteiger partial charge in [0, 0.05) is 30.8 Å². The Morgan fingerprint density at radius 2 is 2.00 bits per heavy atom. The molecule has 1 amide bonds. The van der Waals surface area contributed by atoms with Crippen LogP contribution < -0.4 is 5.32 Å². The van der Waals surface area contributed by atoms with Gasteiger partial charge in [-0.1, -0.05) is 31.0 Å². The van der Waals surface area contributed by atoms with E-state index in [0.717, 1.165) is 50.1 Å². The molecule has 1 N–H and O–H groups in total. The molecule has 0 saturated carbocycles. The number of piperidine rings is 1. The molecule has 2 aliphatic rings. The lowest BCUT2D eigenvalue weighted by atomic mass is 10.1. The number of nitrogens with one attached hydrogen (secondary N) is 1. The van der Waals surface area contributed by atoms with E-state index in [1.165, 1.54) is 32.4 Å². The minimum atomic E-state index is -0.274. The van der Waals surface area contributed by atoms with Crippen molar-refractivity contribution in [1.82, 2.24) is 10.2 Å². The zero-order chi connectivity index (χ0) is 21.2. The lowest BCUT2D eigenvalue weighted by Gasteiger charge is -2.28. The van der Waals surface area contributed by atoms with E-state index in [1.807, 2.05) is 23.9 Å². The molecule has 0 radical (unpaired) electrons. The maximum atomic E-state index is 12.1. The Bertz CT molecular complexity index is 698. The van der Waals surface area contributed by atoms with Gasteiger partial charge in [-0.15, -0.1) is 23.5 Å². The second-order valence-electron chi connectivity index (χ2n) is 8.06. The Balaban J connectivity index is 1.32. The number of carbonyl (C=O) groups excluding carboxylic acids is 1. The van der Waals surface area contributed by atoms with Crippen molar-refractivity contribution in [3.05, 3.63) is 39.9 Å². The Morgan fingerprint density at radius 3 is 2.80 bits per heavy atom. The maximum absolute atomic E-state index is 12.1. The van der Waals surface area contributed by atoms with Gasteiger partial charge in [0.05, 0.1) is 15.1 Å². The van der Waals surface area contributed by atoms with Crippen LogP contribution in [0.1, 0.15) is 61.5 Å². The maximum Gasteiger partial charge on any atom is 0.274 e. The Labute approximate surface area is 188 Å². The van der Waals surface area contributed by atoms with Crippen molar-refractivity contribution in [3.63, 3.8) is 0 Å². The predicted molar refractivity (Wildman–Crippen MR) is 126 cm³/mol. The van der Waals surface area contributed by atoms with Crippen LogP contribution >= 0.6 is 23.5 Å². The summed E-state index contributed by atoms with van der Waals surface area (Å²) in [5.41, 5.74) is 1.06. The lowest BCUT2D eigenvalue weighted by molar-refractivity contribution is -0.385. The van der Waals surface area contributed by atoms with Crippen molar-refractivity contribution >= 4 is 35.1 Å². The number of likely N-dealkylation sites (tertiary alicyclic amines) is 1. The van der Waals surface area contributed by atoms with Crippen molar-refractivity contribution in [1.29, 1.82) is 0 Å². The summed E-state index contributed by atoms with van der Waals surface area (Å²) in [5.74, 6) is 1.20. The normalized spacial score (nSPS) is 22.5. The lowest BCUT2D eigenvalue weighted by Crippen LogP contribution is -2.37. The van der Waals surface area contributed by atoms with Crippen molar-refractivity contribution in [2.45, 2.75) is 61.2 Å². The molecule has 3 rings (SSSR count). The number of hydrogen-bond acceptors (Lipinski definition) is 6. The number of thioether (sulfide) groups is 2. The summed E-state index contributed by atoms with van der Waals surface area (Å²) in [7, 11) is 0. The molecule has 0 bridgehead atoms. The van der Waals surface area contributed by atoms with Gasteiger partial charge in [-0.05, 0) is 50.9 Å². The van der Waals surface area contributed by atoms with Crippen LogP contribution in [0.3, 0.4) is 0 Å². The van der Waals surface area contributed by atoms with Gasteiger partial charge in [0.15, 0.2) is 0 Å². The minimum absolute atomic E-state index is 0.128. The molecule has 2 saturated heterocycles. The number of para-hydroxylation sites is 1. The highest BCUT2D eigenvalue weighted by atomic mass is 32.2. The number of benzene rings is 1. The number of unbranched alkanes of at least 4 members (excludes halogenated alkanes) is 1. The van der Waals surface area contributed by atoms with E-state index in [0.29, 0.717) is 11.7 Å². The van der Waals surface area contributed by atoms with E-state index < -0.39 is 0 Å². The summed E-state index contributed by atoms with van der Waals surface area (Å²) in [6, 6.07) is 7.11. The molecule has 2 heterocycles. The smallest absolute Gasteiger partial charge is 0.274 e. The van der Waals surface area contributed by atoms with E-state index in [2.05, 4.69) is 10.2 Å². The van der Waals surface area contributed by atoms with Gasteiger partial charge >= 0.3 is 0 Å². The summed E-state index contributed by atoms with van der Waals surface area (Å²) in [6.07, 6.45) is 8.65. The molecule has 1 aromatic carbocycles. The van der Waals surface area contributed by atoms with E-state index in [9.17, 15) is 14.9 Å². The summed E-state index contributed by atoms with van der Waals surface area (Å²) < 4.78 is 0.128. The molecule has 166 valence electrons. The minimum Gasteiger partial charge on any atom is -0.355 e. The molecular weight excluding hydrogens is 418 g/mol. The third kappa shape index (κ3) is 7.46. The van der Waals surface area contributed by atoms with Crippen LogP contribution in [0.15, 0.2) is 24.3 Å². The highest BCUT2D eigenvalue weighted by Crippen LogP contribution is 2.50. The highest BCUT2D eigenvalue weighted by Gasteiger charge is 2.28. The van der Waals surface area contributed by atoms with Crippen molar-refractivity contribution in [2.75, 3.05) is 31.9 Å². The van der Waals surface area contributed by atoms with Gasteiger partial charge < -0.3 is 10.2 Å². The molecule has 1 aromatic rings. The zero-order valence-electron chi connectivity index (χ0n) is 17.6. The van der Waals surface area contributed by atoms with Gasteiger partial charge in [-0.3, -0.25) is 14.9 Å². The van der Waals surface area contributed by atoms with Crippen LogP contribution in [0.2, 0.25) is 0 Å². The molecule has 2 unspecified atom stereocenters. The Hall–Kier alpha value is -1.25. The highest BCUT2D eigenvalue weighted by molar-refractivity contribution is 8.17. The quantitative estimate of drug-likeness (QED) is 0.307. The van der Waals surface area contributed by atoms with Crippen LogP contribution in [0.25, 0.3) is 0 Å². The SMILES string of the molecule is O=C(CCCCC1CCSC(c2ccccc2[N+](=O)[O-])S1)NCCN1CCCCC1. The molecule has 0 aliphatic carbocycles. The number of amides is 1. The summed E-state index contributed by atoms with van der Waals surface area (Å²) in [4.78, 5) is 25.6. The van der Waals surface area contributed by atoms with Gasteiger partial charge in [0.25, 0.3) is 5.69 Å². The predicted octanol–water partition coefficient (Wildman–Crippen LogP) is 4.99. The van der Waals surface area contributed by atoms with Gasteiger partial charge in [-0.25, -0.2) is 0 Å². The number of hydrogen-bond donors (Lipinski definition) is 1. The fourth-order valence-corrected chi connectivity index (χ4v) is 7.59. The number of carbonyl (C=O) groups is 1. The Morgan fingerprint density at radius 1 is 1.20 bits per heavy atom. The molecular formula is C22H33N3O3S2.